The summed E-state index contributed by atoms with van der Waals surface area (Å²) in [5, 5.41) is 6.64. The highest BCUT2D eigenvalue weighted by Crippen LogP contribution is 2.27. The predicted molar refractivity (Wildman–Crippen MR) is 102 cm³/mol. The van der Waals surface area contributed by atoms with Gasteiger partial charge in [-0.3, -0.25) is 0 Å². The standard InChI is InChI=1S/C19H28N4O2/c1-5-6-10-20-18-12-14(2)22-19(23-18)21-11-9-15-7-8-16(24-3)17(13-15)25-4/h7-8,12-13H,5-6,9-11H2,1-4H3,(H2,20,21,22,23). The molecule has 2 rings (SSSR count). The Labute approximate surface area is 150 Å². The van der Waals surface area contributed by atoms with Gasteiger partial charge in [0.05, 0.1) is 14.2 Å². The normalized spacial score (nSPS) is 10.4. The number of rotatable bonds is 10. The van der Waals surface area contributed by atoms with Gasteiger partial charge in [0, 0.05) is 24.8 Å². The van der Waals surface area contributed by atoms with Gasteiger partial charge >= 0.3 is 0 Å². The van der Waals surface area contributed by atoms with E-state index in [1.165, 1.54) is 5.56 Å². The monoisotopic (exact) mass is 344 g/mol. The van der Waals surface area contributed by atoms with Crippen LogP contribution in [0.15, 0.2) is 24.3 Å². The third-order valence-electron chi connectivity index (χ3n) is 3.84. The van der Waals surface area contributed by atoms with Crippen molar-refractivity contribution >= 4 is 11.8 Å². The molecule has 2 aromatic rings. The minimum absolute atomic E-state index is 0.652. The van der Waals surface area contributed by atoms with Crippen LogP contribution >= 0.6 is 0 Å². The number of hydrogen-bond acceptors (Lipinski definition) is 6. The van der Waals surface area contributed by atoms with E-state index < -0.39 is 0 Å². The molecule has 0 saturated heterocycles. The van der Waals surface area contributed by atoms with Crippen LogP contribution in [0.3, 0.4) is 0 Å². The van der Waals surface area contributed by atoms with Gasteiger partial charge in [0.15, 0.2) is 11.5 Å². The second-order valence-electron chi connectivity index (χ2n) is 5.86. The highest BCUT2D eigenvalue weighted by molar-refractivity contribution is 5.44. The molecular formula is C19H28N4O2. The Morgan fingerprint density at radius 1 is 0.960 bits per heavy atom. The van der Waals surface area contributed by atoms with Crippen LogP contribution < -0.4 is 20.1 Å². The van der Waals surface area contributed by atoms with Crippen molar-refractivity contribution in [2.45, 2.75) is 33.1 Å². The van der Waals surface area contributed by atoms with Crippen LogP contribution in [0, 0.1) is 6.92 Å². The number of benzene rings is 1. The molecule has 0 spiro atoms. The minimum Gasteiger partial charge on any atom is -0.493 e. The van der Waals surface area contributed by atoms with E-state index in [0.717, 1.165) is 55.4 Å². The average Bonchev–Trinajstić information content (AvgIpc) is 2.61. The summed E-state index contributed by atoms with van der Waals surface area (Å²) in [6.45, 7) is 5.83. The van der Waals surface area contributed by atoms with Crippen molar-refractivity contribution in [3.05, 3.63) is 35.5 Å². The number of ether oxygens (including phenoxy) is 2. The van der Waals surface area contributed by atoms with E-state index in [9.17, 15) is 0 Å². The average molecular weight is 344 g/mol. The topological polar surface area (TPSA) is 68.3 Å². The first-order chi connectivity index (χ1) is 12.2. The van der Waals surface area contributed by atoms with E-state index in [1.807, 2.05) is 31.2 Å². The molecule has 0 amide bonds. The fourth-order valence-corrected chi connectivity index (χ4v) is 2.49. The molecule has 0 aliphatic rings. The molecule has 0 saturated carbocycles. The Morgan fingerprint density at radius 3 is 2.48 bits per heavy atom. The molecular weight excluding hydrogens is 316 g/mol. The number of nitrogens with one attached hydrogen (secondary N) is 2. The zero-order valence-electron chi connectivity index (χ0n) is 15.6. The van der Waals surface area contributed by atoms with Crippen molar-refractivity contribution in [2.24, 2.45) is 0 Å². The van der Waals surface area contributed by atoms with Crippen LogP contribution in [0.4, 0.5) is 11.8 Å². The Hall–Kier alpha value is -2.50. The second kappa shape index (κ2) is 9.71. The van der Waals surface area contributed by atoms with Crippen LogP contribution in [0.25, 0.3) is 0 Å². The molecule has 2 N–H and O–H groups in total. The summed E-state index contributed by atoms with van der Waals surface area (Å²) in [6.07, 6.45) is 3.13. The van der Waals surface area contributed by atoms with E-state index in [-0.39, 0.29) is 0 Å². The van der Waals surface area contributed by atoms with Crippen molar-refractivity contribution in [3.8, 4) is 11.5 Å². The maximum absolute atomic E-state index is 5.34. The summed E-state index contributed by atoms with van der Waals surface area (Å²) in [6, 6.07) is 7.93. The van der Waals surface area contributed by atoms with E-state index in [2.05, 4.69) is 27.5 Å². The Bertz CT molecular complexity index is 676. The van der Waals surface area contributed by atoms with Crippen LogP contribution in [0.2, 0.25) is 0 Å². The largest absolute Gasteiger partial charge is 0.493 e. The third-order valence-corrected chi connectivity index (χ3v) is 3.84. The first-order valence-corrected chi connectivity index (χ1v) is 8.70. The zero-order chi connectivity index (χ0) is 18.1. The number of anilines is 2. The smallest absolute Gasteiger partial charge is 0.224 e. The summed E-state index contributed by atoms with van der Waals surface area (Å²) in [7, 11) is 3.29. The molecule has 0 atom stereocenters. The number of aryl methyl sites for hydroxylation is 1. The van der Waals surface area contributed by atoms with Gasteiger partial charge in [-0.05, 0) is 37.5 Å². The molecule has 1 heterocycles. The molecule has 136 valence electrons. The molecule has 6 heteroatoms. The number of nitrogens with zero attached hydrogens (tertiary/aromatic N) is 2. The lowest BCUT2D eigenvalue weighted by Gasteiger charge is -2.11. The van der Waals surface area contributed by atoms with E-state index in [4.69, 9.17) is 9.47 Å². The van der Waals surface area contributed by atoms with Gasteiger partial charge in [-0.25, -0.2) is 4.98 Å². The second-order valence-corrected chi connectivity index (χ2v) is 5.86. The van der Waals surface area contributed by atoms with Crippen molar-refractivity contribution in [3.63, 3.8) is 0 Å². The van der Waals surface area contributed by atoms with Crippen LogP contribution in [0.1, 0.15) is 31.0 Å². The number of hydrogen-bond donors (Lipinski definition) is 2. The number of unbranched alkanes of at least 4 members (excludes halogenated alkanes) is 1. The van der Waals surface area contributed by atoms with Crippen LogP contribution in [-0.2, 0) is 6.42 Å². The van der Waals surface area contributed by atoms with Gasteiger partial charge in [-0.1, -0.05) is 19.4 Å². The fraction of sp³-hybridized carbons (Fsp3) is 0.474. The quantitative estimate of drug-likeness (QED) is 0.641. The third kappa shape index (κ3) is 5.81. The van der Waals surface area contributed by atoms with Gasteiger partial charge in [0.25, 0.3) is 0 Å². The van der Waals surface area contributed by atoms with Crippen molar-refractivity contribution in [1.29, 1.82) is 0 Å². The van der Waals surface area contributed by atoms with Crippen molar-refractivity contribution in [2.75, 3.05) is 37.9 Å². The minimum atomic E-state index is 0.652. The van der Waals surface area contributed by atoms with E-state index in [1.54, 1.807) is 14.2 Å². The summed E-state index contributed by atoms with van der Waals surface area (Å²) in [5.74, 6) is 3.01. The lowest BCUT2D eigenvalue weighted by Crippen LogP contribution is -2.11. The molecule has 0 bridgehead atoms. The first-order valence-electron chi connectivity index (χ1n) is 8.70. The Kier molecular flexibility index (Phi) is 7.32. The molecule has 1 aromatic carbocycles. The van der Waals surface area contributed by atoms with E-state index >= 15 is 0 Å². The lowest BCUT2D eigenvalue weighted by atomic mass is 10.1. The predicted octanol–water partition coefficient (Wildman–Crippen LogP) is 3.67. The zero-order valence-corrected chi connectivity index (χ0v) is 15.6. The van der Waals surface area contributed by atoms with Crippen LogP contribution in [-0.4, -0.2) is 37.3 Å². The first kappa shape index (κ1) is 18.8. The van der Waals surface area contributed by atoms with Gasteiger partial charge in [-0.15, -0.1) is 0 Å². The number of aromatic nitrogens is 2. The van der Waals surface area contributed by atoms with E-state index in [0.29, 0.717) is 5.95 Å². The van der Waals surface area contributed by atoms with Crippen molar-refractivity contribution in [1.82, 2.24) is 9.97 Å². The fourth-order valence-electron chi connectivity index (χ4n) is 2.49. The summed E-state index contributed by atoms with van der Waals surface area (Å²) in [5.41, 5.74) is 2.11. The summed E-state index contributed by atoms with van der Waals surface area (Å²) >= 11 is 0. The molecule has 25 heavy (non-hydrogen) atoms. The van der Waals surface area contributed by atoms with Gasteiger partial charge in [0.1, 0.15) is 5.82 Å². The molecule has 0 fully saturated rings. The highest BCUT2D eigenvalue weighted by Gasteiger charge is 2.05. The molecule has 1 aromatic heterocycles. The molecule has 0 radical (unpaired) electrons. The lowest BCUT2D eigenvalue weighted by molar-refractivity contribution is 0.354. The summed E-state index contributed by atoms with van der Waals surface area (Å²) < 4.78 is 10.6. The van der Waals surface area contributed by atoms with Crippen molar-refractivity contribution < 1.29 is 9.47 Å². The van der Waals surface area contributed by atoms with Gasteiger partial charge < -0.3 is 20.1 Å². The SMILES string of the molecule is CCCCNc1cc(C)nc(NCCc2ccc(OC)c(OC)c2)n1. The summed E-state index contributed by atoms with van der Waals surface area (Å²) in [4.78, 5) is 8.97. The van der Waals surface area contributed by atoms with Crippen LogP contribution in [0.5, 0.6) is 11.5 Å². The maximum atomic E-state index is 5.34. The Morgan fingerprint density at radius 2 is 1.76 bits per heavy atom. The molecule has 0 aliphatic carbocycles. The van der Waals surface area contributed by atoms with Gasteiger partial charge in [-0.2, -0.15) is 4.98 Å². The number of methoxy groups -OCH3 is 2. The Balaban J connectivity index is 1.92. The molecule has 0 unspecified atom stereocenters. The molecule has 0 aliphatic heterocycles. The molecule has 6 nitrogen and oxygen atoms in total. The maximum Gasteiger partial charge on any atom is 0.224 e. The highest BCUT2D eigenvalue weighted by atomic mass is 16.5. The van der Waals surface area contributed by atoms with Gasteiger partial charge in [0.2, 0.25) is 5.95 Å².